The summed E-state index contributed by atoms with van der Waals surface area (Å²) in [6, 6.07) is 10.2. The summed E-state index contributed by atoms with van der Waals surface area (Å²) in [5, 5.41) is 1.10. The molecule has 0 unspecified atom stereocenters. The number of alkyl halides is 1. The smallest absolute Gasteiger partial charge is 0.123 e. The third-order valence-electron chi connectivity index (χ3n) is 4.17. The van der Waals surface area contributed by atoms with Gasteiger partial charge in [-0.1, -0.05) is 12.1 Å². The van der Waals surface area contributed by atoms with Crippen molar-refractivity contribution >= 4 is 22.9 Å². The van der Waals surface area contributed by atoms with Gasteiger partial charge in [0.15, 0.2) is 0 Å². The van der Waals surface area contributed by atoms with E-state index in [2.05, 4.69) is 33.2 Å². The van der Waals surface area contributed by atoms with Gasteiger partial charge in [0, 0.05) is 35.1 Å². The minimum atomic E-state index is -1.27. The molecule has 3 heterocycles. The lowest BCUT2D eigenvalue weighted by Gasteiger charge is -2.29. The number of pyridine rings is 1. The number of rotatable bonds is 3. The van der Waals surface area contributed by atoms with E-state index >= 15 is 0 Å². The molecule has 0 spiro atoms. The molecule has 1 aliphatic heterocycles. The molecule has 3 aromatic rings. The normalized spacial score (nSPS) is 14.2. The molecular formula is C19H19FN4. The van der Waals surface area contributed by atoms with Crippen molar-refractivity contribution in [2.45, 2.75) is 19.5 Å². The molecule has 0 aliphatic carbocycles. The predicted octanol–water partition coefficient (Wildman–Crippen LogP) is 4.17. The summed E-state index contributed by atoms with van der Waals surface area (Å²) < 4.78 is 14.1. The summed E-state index contributed by atoms with van der Waals surface area (Å²) in [5.74, 6) is 0.928. The maximum atomic E-state index is 14.1. The Kier molecular flexibility index (Phi) is 3.37. The second-order valence-corrected chi connectivity index (χ2v) is 6.75. The molecule has 0 bridgehead atoms. The molecule has 0 amide bonds. The van der Waals surface area contributed by atoms with Crippen molar-refractivity contribution in [2.75, 3.05) is 18.1 Å². The lowest BCUT2D eigenvalue weighted by Crippen LogP contribution is -2.38. The van der Waals surface area contributed by atoms with Crippen LogP contribution in [0.3, 0.4) is 0 Å². The highest BCUT2D eigenvalue weighted by Crippen LogP contribution is 2.33. The van der Waals surface area contributed by atoms with Crippen LogP contribution in [0.5, 0.6) is 0 Å². The lowest BCUT2D eigenvalue weighted by atomic mass is 10.0. The summed E-state index contributed by atoms with van der Waals surface area (Å²) in [7, 11) is 0. The van der Waals surface area contributed by atoms with Gasteiger partial charge in [0.2, 0.25) is 0 Å². The molecule has 122 valence electrons. The van der Waals surface area contributed by atoms with E-state index in [0.29, 0.717) is 13.2 Å². The van der Waals surface area contributed by atoms with E-state index in [-0.39, 0.29) is 0 Å². The Morgan fingerprint density at radius 2 is 2.17 bits per heavy atom. The number of halogens is 1. The predicted molar refractivity (Wildman–Crippen MR) is 96.5 cm³/mol. The van der Waals surface area contributed by atoms with Crippen LogP contribution in [0.25, 0.3) is 22.0 Å². The van der Waals surface area contributed by atoms with Gasteiger partial charge in [-0.3, -0.25) is 9.98 Å². The average molecular weight is 322 g/mol. The molecule has 0 atom stereocenters. The average Bonchev–Trinajstić information content (AvgIpc) is 2.98. The molecule has 0 saturated heterocycles. The fourth-order valence-electron chi connectivity index (χ4n) is 3.18. The molecule has 0 saturated carbocycles. The number of hydrogen-bond acceptors (Lipinski definition) is 3. The molecule has 5 heteroatoms. The number of nitrogens with zero attached hydrogens (tertiary/aromatic N) is 3. The molecule has 2 aromatic heterocycles. The Morgan fingerprint density at radius 3 is 3.00 bits per heavy atom. The zero-order chi connectivity index (χ0) is 16.7. The fourth-order valence-corrected chi connectivity index (χ4v) is 3.18. The largest absolute Gasteiger partial charge is 0.347 e. The molecule has 24 heavy (non-hydrogen) atoms. The molecule has 4 nitrogen and oxygen atoms in total. The topological polar surface area (TPSA) is 44.3 Å². The van der Waals surface area contributed by atoms with E-state index in [9.17, 15) is 4.39 Å². The Hall–Kier alpha value is -2.69. The highest BCUT2D eigenvalue weighted by atomic mass is 19.1. The van der Waals surface area contributed by atoms with E-state index < -0.39 is 5.67 Å². The zero-order valence-corrected chi connectivity index (χ0v) is 13.8. The van der Waals surface area contributed by atoms with Crippen LogP contribution in [0.15, 0.2) is 47.7 Å². The first-order valence-corrected chi connectivity index (χ1v) is 8.01. The number of nitrogens with one attached hydrogen (secondary N) is 1. The van der Waals surface area contributed by atoms with Crippen molar-refractivity contribution in [3.8, 4) is 11.1 Å². The van der Waals surface area contributed by atoms with E-state index in [4.69, 9.17) is 0 Å². The molecule has 1 aromatic carbocycles. The summed E-state index contributed by atoms with van der Waals surface area (Å²) in [4.78, 5) is 14.0. The number of fused-ring (bicyclic) bond motifs is 2. The minimum Gasteiger partial charge on any atom is -0.347 e. The number of aromatic amines is 1. The lowest BCUT2D eigenvalue weighted by molar-refractivity contribution is 0.222. The van der Waals surface area contributed by atoms with Crippen LogP contribution in [-0.2, 0) is 0 Å². The van der Waals surface area contributed by atoms with Crippen LogP contribution in [0, 0.1) is 0 Å². The number of aromatic nitrogens is 2. The van der Waals surface area contributed by atoms with Crippen LogP contribution in [0.1, 0.15) is 19.4 Å². The van der Waals surface area contributed by atoms with E-state index in [1.165, 1.54) is 0 Å². The van der Waals surface area contributed by atoms with Crippen molar-refractivity contribution in [1.82, 2.24) is 9.97 Å². The van der Waals surface area contributed by atoms with Crippen LogP contribution in [-0.4, -0.2) is 35.1 Å². The molecule has 0 radical (unpaired) electrons. The molecule has 0 fully saturated rings. The van der Waals surface area contributed by atoms with Gasteiger partial charge in [-0.2, -0.15) is 0 Å². The van der Waals surface area contributed by atoms with E-state index in [0.717, 1.165) is 33.4 Å². The van der Waals surface area contributed by atoms with Gasteiger partial charge in [-0.25, -0.2) is 4.39 Å². The number of anilines is 1. The third kappa shape index (κ3) is 2.66. The quantitative estimate of drug-likeness (QED) is 0.786. The Morgan fingerprint density at radius 1 is 1.29 bits per heavy atom. The zero-order valence-electron chi connectivity index (χ0n) is 13.8. The first-order chi connectivity index (χ1) is 11.5. The standard InChI is InChI=1S/C19H19FN4/c1-19(2,20)11-24-12-21-9-16-15(10-23-18(16)24)13-5-6-17-14(8-13)4-3-7-22-17/h3-10,23H,11-12H2,1-2H3. The second-order valence-electron chi connectivity index (χ2n) is 6.75. The highest BCUT2D eigenvalue weighted by molar-refractivity contribution is 5.99. The van der Waals surface area contributed by atoms with Gasteiger partial charge in [0.05, 0.1) is 12.1 Å². The van der Waals surface area contributed by atoms with Crippen molar-refractivity contribution < 1.29 is 4.39 Å². The third-order valence-corrected chi connectivity index (χ3v) is 4.17. The van der Waals surface area contributed by atoms with Gasteiger partial charge in [-0.05, 0) is 37.6 Å². The van der Waals surface area contributed by atoms with Gasteiger partial charge < -0.3 is 9.88 Å². The summed E-state index contributed by atoms with van der Waals surface area (Å²) in [5.41, 5.74) is 2.87. The Bertz CT molecular complexity index is 921. The summed E-state index contributed by atoms with van der Waals surface area (Å²) in [6.45, 7) is 3.96. The number of H-pyrrole nitrogens is 1. The van der Waals surface area contributed by atoms with Crippen molar-refractivity contribution in [1.29, 1.82) is 0 Å². The molecule has 4 rings (SSSR count). The number of aliphatic imine (C=N–C) groups is 1. The van der Waals surface area contributed by atoms with Crippen molar-refractivity contribution in [3.05, 3.63) is 48.3 Å². The van der Waals surface area contributed by atoms with Crippen molar-refractivity contribution in [3.63, 3.8) is 0 Å². The monoisotopic (exact) mass is 322 g/mol. The number of hydrogen-bond donors (Lipinski definition) is 1. The molecule has 1 N–H and O–H groups in total. The second kappa shape index (κ2) is 5.44. The Labute approximate surface area is 140 Å². The number of benzene rings is 1. The summed E-state index contributed by atoms with van der Waals surface area (Å²) in [6.07, 6.45) is 5.64. The van der Waals surface area contributed by atoms with Crippen LogP contribution >= 0.6 is 0 Å². The Balaban J connectivity index is 1.76. The summed E-state index contributed by atoms with van der Waals surface area (Å²) >= 11 is 0. The highest BCUT2D eigenvalue weighted by Gasteiger charge is 2.26. The van der Waals surface area contributed by atoms with Gasteiger partial charge in [-0.15, -0.1) is 0 Å². The maximum Gasteiger partial charge on any atom is 0.123 e. The maximum absolute atomic E-state index is 14.1. The van der Waals surface area contributed by atoms with Crippen molar-refractivity contribution in [2.24, 2.45) is 4.99 Å². The first-order valence-electron chi connectivity index (χ1n) is 8.01. The van der Waals surface area contributed by atoms with E-state index in [1.54, 1.807) is 20.0 Å². The SMILES string of the molecule is CC(C)(F)CN1CN=Cc2c(-c3ccc4ncccc4c3)c[nH]c21. The fraction of sp³-hybridized carbons (Fsp3) is 0.263. The van der Waals surface area contributed by atoms with Crippen LogP contribution in [0.4, 0.5) is 10.2 Å². The minimum absolute atomic E-state index is 0.304. The van der Waals surface area contributed by atoms with Gasteiger partial charge >= 0.3 is 0 Å². The molecular weight excluding hydrogens is 303 g/mol. The molecule has 1 aliphatic rings. The van der Waals surface area contributed by atoms with Gasteiger partial charge in [0.1, 0.15) is 18.2 Å². The van der Waals surface area contributed by atoms with Crippen LogP contribution in [0.2, 0.25) is 0 Å². The van der Waals surface area contributed by atoms with E-state index in [1.807, 2.05) is 29.4 Å². The first kappa shape index (κ1) is 14.9. The van der Waals surface area contributed by atoms with Gasteiger partial charge in [0.25, 0.3) is 0 Å². The van der Waals surface area contributed by atoms with Crippen LogP contribution < -0.4 is 4.90 Å².